The van der Waals surface area contributed by atoms with Gasteiger partial charge in [0.25, 0.3) is 5.91 Å². The van der Waals surface area contributed by atoms with E-state index in [2.05, 4.69) is 25.9 Å². The summed E-state index contributed by atoms with van der Waals surface area (Å²) < 4.78 is 5.52. The highest BCUT2D eigenvalue weighted by Crippen LogP contribution is 2.30. The van der Waals surface area contributed by atoms with E-state index < -0.39 is 18.1 Å². The summed E-state index contributed by atoms with van der Waals surface area (Å²) in [5, 5.41) is 28.1. The molecule has 0 fully saturated rings. The van der Waals surface area contributed by atoms with Gasteiger partial charge in [-0.1, -0.05) is 0 Å². The topological polar surface area (TPSA) is 155 Å². The van der Waals surface area contributed by atoms with Crippen molar-refractivity contribution in [2.45, 2.75) is 19.1 Å². The van der Waals surface area contributed by atoms with Crippen molar-refractivity contribution in [1.29, 1.82) is 0 Å². The molecular weight excluding hydrogens is 352 g/mol. The summed E-state index contributed by atoms with van der Waals surface area (Å²) in [6, 6.07) is 5.36. The first-order valence-corrected chi connectivity index (χ1v) is 8.47. The molecule has 2 atom stereocenters. The molecular formula is C17H22N6O4. The van der Waals surface area contributed by atoms with Gasteiger partial charge in [0.1, 0.15) is 24.3 Å². The van der Waals surface area contributed by atoms with Crippen molar-refractivity contribution >= 4 is 29.0 Å². The number of nitrogens with one attached hydrogen (secondary N) is 3. The van der Waals surface area contributed by atoms with Crippen LogP contribution in [-0.2, 0) is 0 Å². The van der Waals surface area contributed by atoms with E-state index in [4.69, 9.17) is 10.5 Å². The molecule has 27 heavy (non-hydrogen) atoms. The number of rotatable bonds is 6. The highest BCUT2D eigenvalue weighted by molar-refractivity contribution is 5.97. The van der Waals surface area contributed by atoms with Crippen LogP contribution in [0.2, 0.25) is 0 Å². The van der Waals surface area contributed by atoms with Crippen molar-refractivity contribution in [1.82, 2.24) is 9.97 Å². The Hall–Kier alpha value is -3.11. The number of carbonyl (C=O) groups is 1. The van der Waals surface area contributed by atoms with Crippen molar-refractivity contribution in [3.8, 4) is 5.75 Å². The van der Waals surface area contributed by atoms with E-state index in [1.807, 2.05) is 6.07 Å². The second kappa shape index (κ2) is 8.06. The first-order valence-electron chi connectivity index (χ1n) is 8.47. The van der Waals surface area contributed by atoms with Crippen molar-refractivity contribution in [2.24, 2.45) is 5.73 Å². The largest absolute Gasteiger partial charge is 0.489 e. The third-order valence-corrected chi connectivity index (χ3v) is 3.81. The van der Waals surface area contributed by atoms with E-state index in [1.54, 1.807) is 19.1 Å². The Morgan fingerprint density at radius 1 is 1.52 bits per heavy atom. The van der Waals surface area contributed by atoms with Gasteiger partial charge < -0.3 is 36.6 Å². The summed E-state index contributed by atoms with van der Waals surface area (Å²) >= 11 is 0. The molecule has 1 aliphatic rings. The standard InChI is InChI=1S/C17H22N6O4/c1-9(24)5-20-16-12(15(18)26)7-21-17(23-16)22-10-2-3-14-13(4-10)19-6-11(25)8-27-14/h2-4,7,9,11,19,24-25H,5-6,8H2,1H3,(H2,18,26)(H2,20,21,22,23). The third-order valence-electron chi connectivity index (χ3n) is 3.81. The van der Waals surface area contributed by atoms with E-state index in [9.17, 15) is 15.0 Å². The summed E-state index contributed by atoms with van der Waals surface area (Å²) in [6.07, 6.45) is 0.118. The second-order valence-electron chi connectivity index (χ2n) is 6.23. The normalized spacial score (nSPS) is 16.9. The van der Waals surface area contributed by atoms with Gasteiger partial charge >= 0.3 is 0 Å². The zero-order chi connectivity index (χ0) is 19.4. The Morgan fingerprint density at radius 3 is 3.07 bits per heavy atom. The molecule has 1 aliphatic heterocycles. The first-order chi connectivity index (χ1) is 12.9. The second-order valence-corrected chi connectivity index (χ2v) is 6.23. The minimum Gasteiger partial charge on any atom is -0.489 e. The molecule has 2 heterocycles. The molecule has 7 N–H and O–H groups in total. The van der Waals surface area contributed by atoms with Crippen LogP contribution in [0.3, 0.4) is 0 Å². The van der Waals surface area contributed by atoms with Crippen LogP contribution in [-0.4, -0.2) is 58.0 Å². The molecule has 3 rings (SSSR count). The van der Waals surface area contributed by atoms with Gasteiger partial charge in [-0.3, -0.25) is 4.79 Å². The molecule has 0 saturated carbocycles. The number of ether oxygens (including phenoxy) is 1. The Morgan fingerprint density at radius 2 is 2.33 bits per heavy atom. The SMILES string of the molecule is CC(O)CNc1nc(Nc2ccc3c(c2)NCC(O)CO3)ncc1C(N)=O. The van der Waals surface area contributed by atoms with Crippen LogP contribution in [0.25, 0.3) is 0 Å². The lowest BCUT2D eigenvalue weighted by atomic mass is 10.2. The van der Waals surface area contributed by atoms with Gasteiger partial charge in [-0.25, -0.2) is 4.98 Å². The number of aliphatic hydroxyl groups is 2. The number of nitrogens with two attached hydrogens (primary N) is 1. The van der Waals surface area contributed by atoms with E-state index in [0.717, 1.165) is 5.69 Å². The number of benzene rings is 1. The van der Waals surface area contributed by atoms with Gasteiger partial charge in [0.05, 0.1) is 17.4 Å². The molecule has 1 amide bonds. The number of anilines is 4. The predicted molar refractivity (Wildman–Crippen MR) is 100 cm³/mol. The van der Waals surface area contributed by atoms with E-state index >= 15 is 0 Å². The smallest absolute Gasteiger partial charge is 0.254 e. The molecule has 0 saturated heterocycles. The Labute approximate surface area is 155 Å². The van der Waals surface area contributed by atoms with Crippen LogP contribution in [0.15, 0.2) is 24.4 Å². The minimum absolute atomic E-state index is 0.132. The van der Waals surface area contributed by atoms with Crippen LogP contribution < -0.4 is 26.4 Å². The molecule has 0 aliphatic carbocycles. The van der Waals surface area contributed by atoms with Crippen molar-refractivity contribution in [3.05, 3.63) is 30.0 Å². The first kappa shape index (κ1) is 18.7. The van der Waals surface area contributed by atoms with E-state index in [-0.39, 0.29) is 30.5 Å². The maximum atomic E-state index is 11.5. The highest BCUT2D eigenvalue weighted by atomic mass is 16.5. The van der Waals surface area contributed by atoms with Crippen LogP contribution >= 0.6 is 0 Å². The lowest BCUT2D eigenvalue weighted by Gasteiger charge is -2.13. The number of hydrogen-bond acceptors (Lipinski definition) is 9. The van der Waals surface area contributed by atoms with Crippen LogP contribution in [0.4, 0.5) is 23.1 Å². The van der Waals surface area contributed by atoms with Crippen molar-refractivity contribution in [2.75, 3.05) is 35.6 Å². The van der Waals surface area contributed by atoms with E-state index in [0.29, 0.717) is 18.0 Å². The number of β-amino-alcohol motifs (C(OH)–C–C–N with tert-alkyl or cyclic N) is 1. The molecule has 0 bridgehead atoms. The maximum absolute atomic E-state index is 11.5. The predicted octanol–water partition coefficient (Wildman–Crippen LogP) is 0.277. The lowest BCUT2D eigenvalue weighted by Crippen LogP contribution is -2.23. The molecule has 10 heteroatoms. The molecule has 10 nitrogen and oxygen atoms in total. The number of primary amides is 1. The summed E-state index contributed by atoms with van der Waals surface area (Å²) in [7, 11) is 0. The minimum atomic E-state index is -0.667. The fraction of sp³-hybridized carbons (Fsp3) is 0.353. The van der Waals surface area contributed by atoms with Crippen molar-refractivity contribution in [3.63, 3.8) is 0 Å². The van der Waals surface area contributed by atoms with Gasteiger partial charge in [-0.15, -0.1) is 0 Å². The van der Waals surface area contributed by atoms with Gasteiger partial charge in [0.2, 0.25) is 5.95 Å². The zero-order valence-electron chi connectivity index (χ0n) is 14.8. The number of amides is 1. The number of nitrogens with zero attached hydrogens (tertiary/aromatic N) is 2. The zero-order valence-corrected chi connectivity index (χ0v) is 14.8. The number of carbonyl (C=O) groups excluding carboxylic acids is 1. The molecule has 2 unspecified atom stereocenters. The summed E-state index contributed by atoms with van der Waals surface area (Å²) in [5.74, 6) is 0.462. The Kier molecular flexibility index (Phi) is 5.57. The van der Waals surface area contributed by atoms with Crippen molar-refractivity contribution < 1.29 is 19.7 Å². The molecule has 0 spiro atoms. The average molecular weight is 374 g/mol. The number of aliphatic hydroxyl groups excluding tert-OH is 2. The molecule has 2 aromatic rings. The number of hydrogen-bond donors (Lipinski definition) is 6. The average Bonchev–Trinajstić information content (AvgIpc) is 2.81. The van der Waals surface area contributed by atoms with Gasteiger partial charge in [-0.2, -0.15) is 4.98 Å². The van der Waals surface area contributed by atoms with E-state index in [1.165, 1.54) is 6.20 Å². The van der Waals surface area contributed by atoms with Gasteiger partial charge in [0, 0.05) is 25.0 Å². The van der Waals surface area contributed by atoms with Gasteiger partial charge in [-0.05, 0) is 25.1 Å². The van der Waals surface area contributed by atoms with Crippen LogP contribution in [0, 0.1) is 0 Å². The summed E-state index contributed by atoms with van der Waals surface area (Å²) in [6.45, 7) is 2.43. The fourth-order valence-electron chi connectivity index (χ4n) is 2.48. The molecule has 1 aromatic carbocycles. The number of aromatic nitrogens is 2. The van der Waals surface area contributed by atoms with Crippen LogP contribution in [0.5, 0.6) is 5.75 Å². The maximum Gasteiger partial charge on any atom is 0.254 e. The Balaban J connectivity index is 1.81. The fourth-order valence-corrected chi connectivity index (χ4v) is 2.48. The monoisotopic (exact) mass is 374 g/mol. The molecule has 1 aromatic heterocycles. The summed E-state index contributed by atoms with van der Waals surface area (Å²) in [5.41, 5.74) is 6.90. The van der Waals surface area contributed by atoms with Gasteiger partial charge in [0.15, 0.2) is 0 Å². The number of fused-ring (bicyclic) bond motifs is 1. The quantitative estimate of drug-likeness (QED) is 0.418. The summed E-state index contributed by atoms with van der Waals surface area (Å²) in [4.78, 5) is 19.9. The lowest BCUT2D eigenvalue weighted by molar-refractivity contribution is 0.1000. The Bertz CT molecular complexity index is 829. The molecule has 144 valence electrons. The highest BCUT2D eigenvalue weighted by Gasteiger charge is 2.16. The van der Waals surface area contributed by atoms with Crippen LogP contribution in [0.1, 0.15) is 17.3 Å². The molecule has 0 radical (unpaired) electrons. The third kappa shape index (κ3) is 4.74.